The van der Waals surface area contributed by atoms with E-state index in [9.17, 15) is 13.2 Å². The first-order valence-electron chi connectivity index (χ1n) is 8.14. The van der Waals surface area contributed by atoms with Gasteiger partial charge in [0.2, 0.25) is 10.0 Å². The maximum absolute atomic E-state index is 12.6. The second kappa shape index (κ2) is 7.02. The highest BCUT2D eigenvalue weighted by molar-refractivity contribution is 7.89. The molecule has 0 atom stereocenters. The lowest BCUT2D eigenvalue weighted by Gasteiger charge is -2.25. The van der Waals surface area contributed by atoms with Crippen LogP contribution in [0.15, 0.2) is 17.2 Å². The Bertz CT molecular complexity index is 641. The lowest BCUT2D eigenvalue weighted by atomic mass is 10.2. The van der Waals surface area contributed by atoms with Gasteiger partial charge in [0.25, 0.3) is 5.91 Å². The van der Waals surface area contributed by atoms with E-state index in [1.165, 1.54) is 16.6 Å². The van der Waals surface area contributed by atoms with Gasteiger partial charge in [-0.15, -0.1) is 0 Å². The van der Waals surface area contributed by atoms with Crippen LogP contribution in [0.1, 0.15) is 36.2 Å². The third-order valence-corrected chi connectivity index (χ3v) is 6.26. The van der Waals surface area contributed by atoms with E-state index in [1.807, 2.05) is 4.90 Å². The summed E-state index contributed by atoms with van der Waals surface area (Å²) in [4.78, 5) is 17.3. The van der Waals surface area contributed by atoms with Crippen molar-refractivity contribution in [2.24, 2.45) is 0 Å². The van der Waals surface area contributed by atoms with Crippen molar-refractivity contribution in [3.63, 3.8) is 0 Å². The fourth-order valence-corrected chi connectivity index (χ4v) is 4.43. The minimum atomic E-state index is -3.56. The van der Waals surface area contributed by atoms with Crippen LogP contribution >= 0.6 is 0 Å². The summed E-state index contributed by atoms with van der Waals surface area (Å²) < 4.78 is 31.8. The molecule has 1 aromatic heterocycles. The summed E-state index contributed by atoms with van der Waals surface area (Å²) in [6, 6.07) is 1.46. The van der Waals surface area contributed by atoms with E-state index in [4.69, 9.17) is 4.74 Å². The molecule has 1 N–H and O–H groups in total. The molecule has 0 aromatic carbocycles. The van der Waals surface area contributed by atoms with Crippen molar-refractivity contribution >= 4 is 15.9 Å². The number of H-pyrrole nitrogens is 1. The average Bonchev–Trinajstić information content (AvgIpc) is 2.92. The van der Waals surface area contributed by atoms with E-state index in [0.29, 0.717) is 32.0 Å². The molecule has 3 heterocycles. The van der Waals surface area contributed by atoms with Crippen molar-refractivity contribution in [3.05, 3.63) is 18.0 Å². The SMILES string of the molecule is O=C(c1cc(S(=O)(=O)N2CCOCC2)c[nH]1)N1CCCCCC1. The first-order chi connectivity index (χ1) is 11.1. The zero-order valence-electron chi connectivity index (χ0n) is 13.2. The summed E-state index contributed by atoms with van der Waals surface area (Å²) in [5, 5.41) is 0. The van der Waals surface area contributed by atoms with Crippen LogP contribution < -0.4 is 0 Å². The van der Waals surface area contributed by atoms with Crippen molar-refractivity contribution < 1.29 is 17.9 Å². The largest absolute Gasteiger partial charge is 0.379 e. The van der Waals surface area contributed by atoms with Crippen molar-refractivity contribution in [1.29, 1.82) is 0 Å². The number of amides is 1. The summed E-state index contributed by atoms with van der Waals surface area (Å²) in [7, 11) is -3.56. The Morgan fingerprint density at radius 3 is 2.35 bits per heavy atom. The van der Waals surface area contributed by atoms with Gasteiger partial charge in [0.05, 0.1) is 13.2 Å². The predicted molar refractivity (Wildman–Crippen MR) is 84.7 cm³/mol. The van der Waals surface area contributed by atoms with Crippen LogP contribution in [0.4, 0.5) is 0 Å². The average molecular weight is 341 g/mol. The Kier molecular flexibility index (Phi) is 5.03. The Labute approximate surface area is 136 Å². The molecule has 2 saturated heterocycles. The molecule has 0 saturated carbocycles. The summed E-state index contributed by atoms with van der Waals surface area (Å²) in [5.41, 5.74) is 0.346. The fourth-order valence-electron chi connectivity index (χ4n) is 3.03. The van der Waals surface area contributed by atoms with Gasteiger partial charge in [-0.2, -0.15) is 4.31 Å². The molecule has 1 amide bonds. The number of hydrogen-bond donors (Lipinski definition) is 1. The molecule has 0 spiro atoms. The number of likely N-dealkylation sites (tertiary alicyclic amines) is 1. The van der Waals surface area contributed by atoms with Gasteiger partial charge in [-0.25, -0.2) is 8.42 Å². The Hall–Kier alpha value is -1.38. The number of hydrogen-bond acceptors (Lipinski definition) is 4. The second-order valence-electron chi connectivity index (χ2n) is 5.97. The minimum Gasteiger partial charge on any atom is -0.379 e. The van der Waals surface area contributed by atoms with Crippen molar-refractivity contribution in [1.82, 2.24) is 14.2 Å². The van der Waals surface area contributed by atoms with Gasteiger partial charge in [0.15, 0.2) is 0 Å². The number of carbonyl (C=O) groups excluding carboxylic acids is 1. The number of nitrogens with one attached hydrogen (secondary N) is 1. The number of sulfonamides is 1. The molecule has 2 fully saturated rings. The van der Waals surface area contributed by atoms with E-state index in [0.717, 1.165) is 38.8 Å². The molecule has 23 heavy (non-hydrogen) atoms. The number of carbonyl (C=O) groups is 1. The number of nitrogens with zero attached hydrogens (tertiary/aromatic N) is 2. The summed E-state index contributed by atoms with van der Waals surface area (Å²) in [5.74, 6) is -0.115. The molecule has 7 nitrogen and oxygen atoms in total. The van der Waals surface area contributed by atoms with Gasteiger partial charge >= 0.3 is 0 Å². The van der Waals surface area contributed by atoms with E-state index >= 15 is 0 Å². The molecular weight excluding hydrogens is 318 g/mol. The second-order valence-corrected chi connectivity index (χ2v) is 7.91. The van der Waals surface area contributed by atoms with E-state index < -0.39 is 10.0 Å². The summed E-state index contributed by atoms with van der Waals surface area (Å²) >= 11 is 0. The number of aromatic nitrogens is 1. The van der Waals surface area contributed by atoms with Gasteiger partial charge < -0.3 is 14.6 Å². The van der Waals surface area contributed by atoms with E-state index in [-0.39, 0.29) is 10.8 Å². The van der Waals surface area contributed by atoms with Gasteiger partial charge in [0, 0.05) is 32.4 Å². The quantitative estimate of drug-likeness (QED) is 0.891. The third-order valence-electron chi connectivity index (χ3n) is 4.39. The predicted octanol–water partition coefficient (Wildman–Crippen LogP) is 1.05. The van der Waals surface area contributed by atoms with Crippen molar-refractivity contribution in [2.75, 3.05) is 39.4 Å². The van der Waals surface area contributed by atoms with Crippen LogP contribution in [-0.2, 0) is 14.8 Å². The molecule has 128 valence electrons. The highest BCUT2D eigenvalue weighted by Crippen LogP contribution is 2.20. The summed E-state index contributed by atoms with van der Waals surface area (Å²) in [6.07, 6.45) is 5.71. The molecule has 0 radical (unpaired) electrons. The molecule has 1 aromatic rings. The molecule has 8 heteroatoms. The Balaban J connectivity index is 1.75. The minimum absolute atomic E-state index is 0.115. The maximum atomic E-state index is 12.6. The lowest BCUT2D eigenvalue weighted by Crippen LogP contribution is -2.40. The van der Waals surface area contributed by atoms with Gasteiger partial charge in [-0.1, -0.05) is 12.8 Å². The monoisotopic (exact) mass is 341 g/mol. The molecular formula is C15H23N3O4S. The zero-order chi connectivity index (χ0) is 16.3. The maximum Gasteiger partial charge on any atom is 0.270 e. The highest BCUT2D eigenvalue weighted by Gasteiger charge is 2.28. The molecule has 0 unspecified atom stereocenters. The third kappa shape index (κ3) is 3.59. The molecule has 0 aliphatic carbocycles. The number of ether oxygens (including phenoxy) is 1. The van der Waals surface area contributed by atoms with Crippen molar-refractivity contribution in [3.8, 4) is 0 Å². The molecule has 2 aliphatic heterocycles. The van der Waals surface area contributed by atoms with Crippen molar-refractivity contribution in [2.45, 2.75) is 30.6 Å². The van der Waals surface area contributed by atoms with Crippen LogP contribution in [0.3, 0.4) is 0 Å². The summed E-state index contributed by atoms with van der Waals surface area (Å²) in [6.45, 7) is 2.99. The molecule has 3 rings (SSSR count). The highest BCUT2D eigenvalue weighted by atomic mass is 32.2. The number of aromatic amines is 1. The standard InChI is InChI=1S/C15H23N3O4S/c19-15(17-5-3-1-2-4-6-17)14-11-13(12-16-14)23(20,21)18-7-9-22-10-8-18/h11-12,16H,1-10H2. The topological polar surface area (TPSA) is 82.7 Å². The number of rotatable bonds is 3. The first-order valence-corrected chi connectivity index (χ1v) is 9.58. The molecule has 0 bridgehead atoms. The van der Waals surface area contributed by atoms with Crippen LogP contribution in [0.2, 0.25) is 0 Å². The fraction of sp³-hybridized carbons (Fsp3) is 0.667. The van der Waals surface area contributed by atoms with Crippen LogP contribution in [0, 0.1) is 0 Å². The van der Waals surface area contributed by atoms with Gasteiger partial charge in [-0.3, -0.25) is 4.79 Å². The first kappa shape index (κ1) is 16.5. The van der Waals surface area contributed by atoms with Crippen LogP contribution in [0.25, 0.3) is 0 Å². The normalized spacial score (nSPS) is 21.1. The lowest BCUT2D eigenvalue weighted by molar-refractivity contribution is 0.0730. The van der Waals surface area contributed by atoms with Crippen LogP contribution in [-0.4, -0.2) is 67.9 Å². The van der Waals surface area contributed by atoms with E-state index in [2.05, 4.69) is 4.98 Å². The number of morpholine rings is 1. The van der Waals surface area contributed by atoms with Gasteiger partial charge in [-0.05, 0) is 18.9 Å². The Morgan fingerprint density at radius 1 is 1.04 bits per heavy atom. The van der Waals surface area contributed by atoms with E-state index in [1.54, 1.807) is 0 Å². The smallest absolute Gasteiger partial charge is 0.270 e. The van der Waals surface area contributed by atoms with Crippen LogP contribution in [0.5, 0.6) is 0 Å². The molecule has 2 aliphatic rings. The Morgan fingerprint density at radius 2 is 1.70 bits per heavy atom. The zero-order valence-corrected chi connectivity index (χ0v) is 14.0. The van der Waals surface area contributed by atoms with Gasteiger partial charge in [0.1, 0.15) is 10.6 Å².